The van der Waals surface area contributed by atoms with E-state index in [1.165, 1.54) is 4.90 Å². The van der Waals surface area contributed by atoms with Gasteiger partial charge < -0.3 is 5.11 Å². The standard InChI is InChI=1S/C12H19NO3/c1-8(14)3-2-6-13-11(15)9-4-5-10(7-9)12(13)16/h8-10,14H,2-7H2,1H3. The van der Waals surface area contributed by atoms with Crippen molar-refractivity contribution in [2.45, 2.75) is 45.1 Å². The molecular formula is C12H19NO3. The Hall–Kier alpha value is -0.900. The normalized spacial score (nSPS) is 31.0. The molecule has 1 saturated carbocycles. The van der Waals surface area contributed by atoms with Crippen LogP contribution in [0.3, 0.4) is 0 Å². The monoisotopic (exact) mass is 225 g/mol. The first-order valence-electron chi connectivity index (χ1n) is 6.13. The lowest BCUT2D eigenvalue weighted by molar-refractivity contribution is -0.152. The molecule has 3 atom stereocenters. The summed E-state index contributed by atoms with van der Waals surface area (Å²) in [6.07, 6.45) is 3.52. The highest BCUT2D eigenvalue weighted by atomic mass is 16.3. The molecule has 0 radical (unpaired) electrons. The van der Waals surface area contributed by atoms with E-state index < -0.39 is 0 Å². The van der Waals surface area contributed by atoms with Crippen LogP contribution in [-0.4, -0.2) is 34.5 Å². The lowest BCUT2D eigenvalue weighted by Gasteiger charge is -2.29. The summed E-state index contributed by atoms with van der Waals surface area (Å²) in [4.78, 5) is 25.2. The highest BCUT2D eigenvalue weighted by molar-refractivity contribution is 6.00. The second kappa shape index (κ2) is 4.53. The molecule has 2 amide bonds. The van der Waals surface area contributed by atoms with Gasteiger partial charge in [-0.05, 0) is 39.0 Å². The van der Waals surface area contributed by atoms with E-state index in [2.05, 4.69) is 0 Å². The number of imide groups is 1. The van der Waals surface area contributed by atoms with Gasteiger partial charge in [0.25, 0.3) is 0 Å². The van der Waals surface area contributed by atoms with Crippen molar-refractivity contribution in [3.63, 3.8) is 0 Å². The van der Waals surface area contributed by atoms with Crippen LogP contribution in [0, 0.1) is 11.8 Å². The van der Waals surface area contributed by atoms with Gasteiger partial charge in [-0.2, -0.15) is 0 Å². The Bertz CT molecular complexity index is 279. The molecule has 1 aliphatic carbocycles. The Kier molecular flexibility index (Phi) is 3.28. The predicted octanol–water partition coefficient (Wildman–Crippen LogP) is 0.933. The van der Waals surface area contributed by atoms with Crippen molar-refractivity contribution in [3.8, 4) is 0 Å². The molecule has 16 heavy (non-hydrogen) atoms. The number of hydrogen-bond acceptors (Lipinski definition) is 3. The van der Waals surface area contributed by atoms with Crippen LogP contribution in [0.15, 0.2) is 0 Å². The van der Waals surface area contributed by atoms with Crippen molar-refractivity contribution in [2.75, 3.05) is 6.54 Å². The fraction of sp³-hybridized carbons (Fsp3) is 0.833. The summed E-state index contributed by atoms with van der Waals surface area (Å²) >= 11 is 0. The van der Waals surface area contributed by atoms with Crippen molar-refractivity contribution in [3.05, 3.63) is 0 Å². The average molecular weight is 225 g/mol. The number of likely N-dealkylation sites (tertiary alicyclic amines) is 1. The zero-order valence-electron chi connectivity index (χ0n) is 9.69. The first-order chi connectivity index (χ1) is 7.59. The molecule has 0 aromatic carbocycles. The van der Waals surface area contributed by atoms with Crippen LogP contribution in [0.4, 0.5) is 0 Å². The fourth-order valence-corrected chi connectivity index (χ4v) is 2.74. The topological polar surface area (TPSA) is 57.6 Å². The second-order valence-electron chi connectivity index (χ2n) is 5.03. The van der Waals surface area contributed by atoms with Gasteiger partial charge in [-0.1, -0.05) is 0 Å². The largest absolute Gasteiger partial charge is 0.393 e. The highest BCUT2D eigenvalue weighted by Gasteiger charge is 2.44. The number of rotatable bonds is 4. The maximum atomic E-state index is 11.9. The smallest absolute Gasteiger partial charge is 0.232 e. The van der Waals surface area contributed by atoms with E-state index in [0.717, 1.165) is 19.3 Å². The summed E-state index contributed by atoms with van der Waals surface area (Å²) in [5, 5.41) is 9.14. The first kappa shape index (κ1) is 11.6. The minimum Gasteiger partial charge on any atom is -0.393 e. The van der Waals surface area contributed by atoms with E-state index >= 15 is 0 Å². The Morgan fingerprint density at radius 1 is 1.31 bits per heavy atom. The molecule has 2 fully saturated rings. The average Bonchev–Trinajstić information content (AvgIpc) is 2.67. The first-order valence-corrected chi connectivity index (χ1v) is 6.13. The number of fused-ring (bicyclic) bond motifs is 2. The van der Waals surface area contributed by atoms with E-state index in [9.17, 15) is 9.59 Å². The Morgan fingerprint density at radius 3 is 2.38 bits per heavy atom. The maximum absolute atomic E-state index is 11.9. The summed E-state index contributed by atoms with van der Waals surface area (Å²) in [5.74, 6) is 0.220. The highest BCUT2D eigenvalue weighted by Crippen LogP contribution is 2.38. The molecule has 1 N–H and O–H groups in total. The Labute approximate surface area is 95.6 Å². The third-order valence-electron chi connectivity index (χ3n) is 3.67. The van der Waals surface area contributed by atoms with E-state index in [4.69, 9.17) is 5.11 Å². The molecule has 1 saturated heterocycles. The van der Waals surface area contributed by atoms with Gasteiger partial charge >= 0.3 is 0 Å². The van der Waals surface area contributed by atoms with Crippen LogP contribution in [0.5, 0.6) is 0 Å². The number of piperidine rings is 1. The molecule has 0 aromatic heterocycles. The summed E-state index contributed by atoms with van der Waals surface area (Å²) in [6.45, 7) is 2.21. The van der Waals surface area contributed by atoms with E-state index in [1.54, 1.807) is 6.92 Å². The number of amides is 2. The molecule has 1 aliphatic heterocycles. The van der Waals surface area contributed by atoms with E-state index in [-0.39, 0.29) is 29.8 Å². The number of carbonyl (C=O) groups is 2. The molecule has 4 heteroatoms. The minimum atomic E-state index is -0.355. The summed E-state index contributed by atoms with van der Waals surface area (Å²) < 4.78 is 0. The third-order valence-corrected chi connectivity index (χ3v) is 3.67. The molecule has 4 nitrogen and oxygen atoms in total. The van der Waals surface area contributed by atoms with Crippen LogP contribution < -0.4 is 0 Å². The SMILES string of the molecule is CC(O)CCCN1C(=O)C2CCC(C2)C1=O. The molecule has 1 heterocycles. The van der Waals surface area contributed by atoms with Crippen molar-refractivity contribution in [1.29, 1.82) is 0 Å². The summed E-state index contributed by atoms with van der Waals surface area (Å²) in [7, 11) is 0. The summed E-state index contributed by atoms with van der Waals surface area (Å²) in [6, 6.07) is 0. The van der Waals surface area contributed by atoms with Gasteiger partial charge in [-0.15, -0.1) is 0 Å². The van der Waals surface area contributed by atoms with Gasteiger partial charge in [0.1, 0.15) is 0 Å². The minimum absolute atomic E-state index is 0.0179. The number of nitrogens with zero attached hydrogens (tertiary/aromatic N) is 1. The van der Waals surface area contributed by atoms with Crippen molar-refractivity contribution in [2.24, 2.45) is 11.8 Å². The van der Waals surface area contributed by atoms with Crippen LogP contribution in [0.2, 0.25) is 0 Å². The van der Waals surface area contributed by atoms with Crippen molar-refractivity contribution in [1.82, 2.24) is 4.90 Å². The van der Waals surface area contributed by atoms with Crippen molar-refractivity contribution >= 4 is 11.8 Å². The van der Waals surface area contributed by atoms with E-state index in [1.807, 2.05) is 0 Å². The number of aliphatic hydroxyl groups excluding tert-OH is 1. The Balaban J connectivity index is 1.92. The Morgan fingerprint density at radius 2 is 1.88 bits per heavy atom. The van der Waals surface area contributed by atoms with Crippen LogP contribution in [0.1, 0.15) is 39.0 Å². The van der Waals surface area contributed by atoms with Gasteiger partial charge in [-0.3, -0.25) is 14.5 Å². The van der Waals surface area contributed by atoms with Gasteiger partial charge in [0, 0.05) is 18.4 Å². The molecule has 2 aliphatic rings. The number of hydrogen-bond donors (Lipinski definition) is 1. The van der Waals surface area contributed by atoms with Crippen LogP contribution in [-0.2, 0) is 9.59 Å². The second-order valence-corrected chi connectivity index (χ2v) is 5.03. The fourth-order valence-electron chi connectivity index (χ4n) is 2.74. The molecule has 3 unspecified atom stereocenters. The zero-order valence-corrected chi connectivity index (χ0v) is 9.69. The summed E-state index contributed by atoms with van der Waals surface area (Å²) in [5.41, 5.74) is 0. The van der Waals surface area contributed by atoms with E-state index in [0.29, 0.717) is 19.4 Å². The number of carbonyl (C=O) groups excluding carboxylic acids is 2. The zero-order chi connectivity index (χ0) is 11.7. The molecular weight excluding hydrogens is 206 g/mol. The molecule has 90 valence electrons. The molecule has 2 bridgehead atoms. The molecule has 0 aromatic rings. The molecule has 2 rings (SSSR count). The molecule has 0 spiro atoms. The van der Waals surface area contributed by atoms with Gasteiger partial charge in [0.15, 0.2) is 0 Å². The third kappa shape index (κ3) is 2.12. The van der Waals surface area contributed by atoms with Gasteiger partial charge in [0.2, 0.25) is 11.8 Å². The lowest BCUT2D eigenvalue weighted by Crippen LogP contribution is -2.46. The predicted molar refractivity (Wildman–Crippen MR) is 58.5 cm³/mol. The van der Waals surface area contributed by atoms with Gasteiger partial charge in [-0.25, -0.2) is 0 Å². The van der Waals surface area contributed by atoms with Crippen molar-refractivity contribution < 1.29 is 14.7 Å². The van der Waals surface area contributed by atoms with Crippen LogP contribution in [0.25, 0.3) is 0 Å². The maximum Gasteiger partial charge on any atom is 0.232 e. The van der Waals surface area contributed by atoms with Gasteiger partial charge in [0.05, 0.1) is 6.10 Å². The lowest BCUT2D eigenvalue weighted by atomic mass is 9.97. The van der Waals surface area contributed by atoms with Crippen LogP contribution >= 0.6 is 0 Å². The number of aliphatic hydroxyl groups is 1. The quantitative estimate of drug-likeness (QED) is 0.724.